The van der Waals surface area contributed by atoms with Crippen LogP contribution in [0.2, 0.25) is 0 Å². The Balaban J connectivity index is 2.28. The van der Waals surface area contributed by atoms with E-state index >= 15 is 0 Å². The van der Waals surface area contributed by atoms with Crippen molar-refractivity contribution in [3.05, 3.63) is 58.6 Å². The number of pyridine rings is 2. The first-order valence-electron chi connectivity index (χ1n) is 7.62. The van der Waals surface area contributed by atoms with E-state index in [1.54, 1.807) is 35.9 Å². The Morgan fingerprint density at radius 1 is 1.25 bits per heavy atom. The molecule has 0 aliphatic carbocycles. The number of anilines is 1. The second-order valence-corrected chi connectivity index (χ2v) is 5.91. The van der Waals surface area contributed by atoms with E-state index in [9.17, 15) is 9.18 Å². The normalized spacial score (nSPS) is 11.2. The average molecular weight is 327 g/mol. The van der Waals surface area contributed by atoms with Crippen LogP contribution in [0, 0.1) is 12.7 Å². The predicted molar refractivity (Wildman–Crippen MR) is 91.1 cm³/mol. The van der Waals surface area contributed by atoms with Crippen LogP contribution < -0.4 is 11.3 Å². The largest absolute Gasteiger partial charge is 0.461 e. The maximum Gasteiger partial charge on any atom is 0.250 e. The van der Waals surface area contributed by atoms with Crippen LogP contribution in [0.15, 0.2) is 45.9 Å². The van der Waals surface area contributed by atoms with Gasteiger partial charge in [0, 0.05) is 35.6 Å². The summed E-state index contributed by atoms with van der Waals surface area (Å²) in [6, 6.07) is 6.53. The van der Waals surface area contributed by atoms with E-state index in [-0.39, 0.29) is 23.0 Å². The third-order valence-electron chi connectivity index (χ3n) is 3.84. The standard InChI is InChI=1S/C18H18FN3O2/c1-10(2)22-9-12(5-7-15(22)23)13-8-21-18(20)17(19)16(13)14-6-4-11(3)24-14/h4-10H,1-3H3,(H2,20,21). The number of aromatic nitrogens is 2. The lowest BCUT2D eigenvalue weighted by atomic mass is 10.0. The molecule has 0 aliphatic heterocycles. The lowest BCUT2D eigenvalue weighted by Gasteiger charge is -2.14. The minimum Gasteiger partial charge on any atom is -0.461 e. The second-order valence-electron chi connectivity index (χ2n) is 5.91. The van der Waals surface area contributed by atoms with Gasteiger partial charge >= 0.3 is 0 Å². The van der Waals surface area contributed by atoms with Crippen LogP contribution in [0.4, 0.5) is 10.2 Å². The van der Waals surface area contributed by atoms with Gasteiger partial charge in [0.1, 0.15) is 11.5 Å². The predicted octanol–water partition coefficient (Wildman–Crippen LogP) is 3.78. The lowest BCUT2D eigenvalue weighted by molar-refractivity contribution is 0.541. The van der Waals surface area contributed by atoms with Crippen LogP contribution >= 0.6 is 0 Å². The summed E-state index contributed by atoms with van der Waals surface area (Å²) in [5, 5.41) is 0. The highest BCUT2D eigenvalue weighted by molar-refractivity contribution is 5.82. The maximum atomic E-state index is 14.7. The molecule has 124 valence electrons. The van der Waals surface area contributed by atoms with Gasteiger partial charge in [-0.2, -0.15) is 0 Å². The van der Waals surface area contributed by atoms with Gasteiger partial charge in [0.15, 0.2) is 11.6 Å². The van der Waals surface area contributed by atoms with Crippen molar-refractivity contribution in [1.82, 2.24) is 9.55 Å². The Kier molecular flexibility index (Phi) is 3.97. The third-order valence-corrected chi connectivity index (χ3v) is 3.84. The molecule has 6 heteroatoms. The fourth-order valence-electron chi connectivity index (χ4n) is 2.60. The summed E-state index contributed by atoms with van der Waals surface area (Å²) >= 11 is 0. The second kappa shape index (κ2) is 5.96. The highest BCUT2D eigenvalue weighted by Gasteiger charge is 2.19. The van der Waals surface area contributed by atoms with E-state index in [2.05, 4.69) is 4.98 Å². The van der Waals surface area contributed by atoms with E-state index < -0.39 is 5.82 Å². The molecule has 3 heterocycles. The number of nitrogens with two attached hydrogens (primary N) is 1. The van der Waals surface area contributed by atoms with Crippen molar-refractivity contribution in [3.8, 4) is 22.5 Å². The molecule has 24 heavy (non-hydrogen) atoms. The fourth-order valence-corrected chi connectivity index (χ4v) is 2.60. The van der Waals surface area contributed by atoms with Crippen LogP contribution in [0.25, 0.3) is 22.5 Å². The lowest BCUT2D eigenvalue weighted by Crippen LogP contribution is -2.20. The quantitative estimate of drug-likeness (QED) is 0.794. The molecule has 0 saturated heterocycles. The number of nitrogens with zero attached hydrogens (tertiary/aromatic N) is 2. The summed E-state index contributed by atoms with van der Waals surface area (Å²) < 4.78 is 21.8. The van der Waals surface area contributed by atoms with Gasteiger partial charge in [0.25, 0.3) is 5.56 Å². The van der Waals surface area contributed by atoms with E-state index in [4.69, 9.17) is 10.2 Å². The fraction of sp³-hybridized carbons (Fsp3) is 0.222. The third kappa shape index (κ3) is 2.71. The average Bonchev–Trinajstić information content (AvgIpc) is 2.96. The molecule has 0 radical (unpaired) electrons. The van der Waals surface area contributed by atoms with Crippen molar-refractivity contribution in [3.63, 3.8) is 0 Å². The Bertz CT molecular complexity index is 957. The van der Waals surface area contributed by atoms with Crippen LogP contribution in [0.3, 0.4) is 0 Å². The number of halogens is 1. The van der Waals surface area contributed by atoms with Crippen molar-refractivity contribution in [2.75, 3.05) is 5.73 Å². The molecular formula is C18H18FN3O2. The van der Waals surface area contributed by atoms with E-state index in [0.29, 0.717) is 22.6 Å². The van der Waals surface area contributed by atoms with Gasteiger partial charge in [-0.15, -0.1) is 0 Å². The zero-order chi connectivity index (χ0) is 17.4. The SMILES string of the molecule is Cc1ccc(-c2c(-c3ccc(=O)n(C(C)C)c3)cnc(N)c2F)o1. The molecule has 2 N–H and O–H groups in total. The molecular weight excluding hydrogens is 309 g/mol. The van der Waals surface area contributed by atoms with Gasteiger partial charge in [0.05, 0.1) is 5.56 Å². The number of rotatable bonds is 3. The van der Waals surface area contributed by atoms with E-state index in [1.807, 2.05) is 13.8 Å². The molecule has 0 aromatic carbocycles. The van der Waals surface area contributed by atoms with Gasteiger partial charge in [-0.1, -0.05) is 0 Å². The van der Waals surface area contributed by atoms with Gasteiger partial charge < -0.3 is 14.7 Å². The van der Waals surface area contributed by atoms with Crippen molar-refractivity contribution >= 4 is 5.82 Å². The highest BCUT2D eigenvalue weighted by atomic mass is 19.1. The molecule has 0 fully saturated rings. The molecule has 0 atom stereocenters. The molecule has 3 aromatic rings. The van der Waals surface area contributed by atoms with Gasteiger partial charge in [-0.25, -0.2) is 9.37 Å². The zero-order valence-electron chi connectivity index (χ0n) is 13.7. The molecule has 0 spiro atoms. The Morgan fingerprint density at radius 2 is 2.00 bits per heavy atom. The number of nitrogen functional groups attached to an aromatic ring is 1. The molecule has 0 unspecified atom stereocenters. The minimum absolute atomic E-state index is 0.0154. The Hall–Kier alpha value is -2.89. The van der Waals surface area contributed by atoms with Crippen molar-refractivity contribution in [1.29, 1.82) is 0 Å². The van der Waals surface area contributed by atoms with Gasteiger partial charge in [0.2, 0.25) is 0 Å². The molecule has 3 aromatic heterocycles. The van der Waals surface area contributed by atoms with Crippen LogP contribution in [-0.2, 0) is 0 Å². The summed E-state index contributed by atoms with van der Waals surface area (Å²) in [5.74, 6) is 0.207. The molecule has 0 bridgehead atoms. The summed E-state index contributed by atoms with van der Waals surface area (Å²) in [7, 11) is 0. The van der Waals surface area contributed by atoms with E-state index in [0.717, 1.165) is 0 Å². The molecule has 0 amide bonds. The summed E-state index contributed by atoms with van der Waals surface area (Å²) in [6.07, 6.45) is 3.19. The monoisotopic (exact) mass is 327 g/mol. The summed E-state index contributed by atoms with van der Waals surface area (Å²) in [6.45, 7) is 5.60. The minimum atomic E-state index is -0.635. The maximum absolute atomic E-state index is 14.7. The number of hydrogen-bond acceptors (Lipinski definition) is 4. The van der Waals surface area contributed by atoms with E-state index in [1.165, 1.54) is 12.3 Å². The smallest absolute Gasteiger partial charge is 0.250 e. The van der Waals surface area contributed by atoms with Crippen molar-refractivity contribution in [2.45, 2.75) is 26.8 Å². The van der Waals surface area contributed by atoms with Crippen molar-refractivity contribution in [2.24, 2.45) is 0 Å². The number of furan rings is 1. The molecule has 3 rings (SSSR count). The number of aryl methyl sites for hydroxylation is 1. The topological polar surface area (TPSA) is 74.0 Å². The molecule has 0 aliphatic rings. The Labute approximate surface area is 138 Å². The highest BCUT2D eigenvalue weighted by Crippen LogP contribution is 2.36. The van der Waals surface area contributed by atoms with Crippen LogP contribution in [0.5, 0.6) is 0 Å². The van der Waals surface area contributed by atoms with Crippen LogP contribution in [-0.4, -0.2) is 9.55 Å². The zero-order valence-corrected chi connectivity index (χ0v) is 13.7. The number of hydrogen-bond donors (Lipinski definition) is 1. The Morgan fingerprint density at radius 3 is 2.62 bits per heavy atom. The summed E-state index contributed by atoms with van der Waals surface area (Å²) in [5.41, 5.74) is 6.94. The first-order valence-corrected chi connectivity index (χ1v) is 7.62. The van der Waals surface area contributed by atoms with Gasteiger partial charge in [-0.05, 0) is 39.0 Å². The molecule has 0 saturated carbocycles. The first kappa shape index (κ1) is 16.0. The van der Waals surface area contributed by atoms with Crippen molar-refractivity contribution < 1.29 is 8.81 Å². The first-order chi connectivity index (χ1) is 11.4. The van der Waals surface area contributed by atoms with Gasteiger partial charge in [-0.3, -0.25) is 4.79 Å². The van der Waals surface area contributed by atoms with Crippen LogP contribution in [0.1, 0.15) is 25.6 Å². The molecule has 5 nitrogen and oxygen atoms in total. The summed E-state index contributed by atoms with van der Waals surface area (Å²) in [4.78, 5) is 15.9.